The number of hydrogen-bond acceptors (Lipinski definition) is 5. The summed E-state index contributed by atoms with van der Waals surface area (Å²) in [4.78, 5) is -0.154. The maximum atomic E-state index is 13.5. The summed E-state index contributed by atoms with van der Waals surface area (Å²) in [5.74, 6) is -0.486. The van der Waals surface area contributed by atoms with Gasteiger partial charge in [-0.3, -0.25) is 0 Å². The third kappa shape index (κ3) is 5.02. The molecule has 0 bridgehead atoms. The van der Waals surface area contributed by atoms with Gasteiger partial charge in [-0.2, -0.15) is 4.31 Å². The molecule has 0 unspecified atom stereocenters. The van der Waals surface area contributed by atoms with Gasteiger partial charge in [-0.05, 0) is 31.0 Å². The molecule has 1 aliphatic rings. The summed E-state index contributed by atoms with van der Waals surface area (Å²) < 4.78 is 50.5. The van der Waals surface area contributed by atoms with Crippen LogP contribution < -0.4 is 10.5 Å². The first-order valence-electron chi connectivity index (χ1n) is 7.12. The Morgan fingerprint density at radius 2 is 1.96 bits per heavy atom. The third-order valence-corrected chi connectivity index (χ3v) is 5.49. The van der Waals surface area contributed by atoms with E-state index in [1.54, 1.807) is 0 Å². The lowest BCUT2D eigenvalue weighted by molar-refractivity contribution is 0.144. The van der Waals surface area contributed by atoms with Crippen LogP contribution in [-0.4, -0.2) is 52.2 Å². The Bertz CT molecular complexity index is 607. The van der Waals surface area contributed by atoms with Crippen molar-refractivity contribution in [2.75, 3.05) is 33.4 Å². The average Bonchev–Trinajstić information content (AvgIpc) is 2.49. The molecule has 6 nitrogen and oxygen atoms in total. The molecule has 1 aromatic carbocycles. The van der Waals surface area contributed by atoms with Crippen LogP contribution in [0.5, 0.6) is 5.75 Å². The SMILES string of the molecule is COCCOc1ccc(F)cc1S(=O)(=O)N1CCC(N)CC1.Cl. The van der Waals surface area contributed by atoms with Crippen molar-refractivity contribution in [1.29, 1.82) is 0 Å². The van der Waals surface area contributed by atoms with Crippen molar-refractivity contribution in [3.63, 3.8) is 0 Å². The predicted octanol–water partition coefficient (Wildman–Crippen LogP) is 1.38. The number of nitrogens with two attached hydrogens (primary N) is 1. The Morgan fingerprint density at radius 1 is 1.30 bits per heavy atom. The van der Waals surface area contributed by atoms with Gasteiger partial charge in [0.2, 0.25) is 10.0 Å². The summed E-state index contributed by atoms with van der Waals surface area (Å²) >= 11 is 0. The standard InChI is InChI=1S/C14H21FN2O4S.ClH/c1-20-8-9-21-13-3-2-11(15)10-14(13)22(18,19)17-6-4-12(16)5-7-17;/h2-3,10,12H,4-9,16H2,1H3;1H. The van der Waals surface area contributed by atoms with E-state index in [0.717, 1.165) is 6.07 Å². The topological polar surface area (TPSA) is 81.9 Å². The van der Waals surface area contributed by atoms with Gasteiger partial charge in [0.05, 0.1) is 6.61 Å². The van der Waals surface area contributed by atoms with Crippen molar-refractivity contribution in [2.24, 2.45) is 5.73 Å². The number of halogens is 2. The molecule has 0 saturated carbocycles. The highest BCUT2D eigenvalue weighted by Gasteiger charge is 2.31. The number of methoxy groups -OCH3 is 1. The van der Waals surface area contributed by atoms with Gasteiger partial charge in [0, 0.05) is 26.2 Å². The third-order valence-electron chi connectivity index (χ3n) is 3.57. The second kappa shape index (κ2) is 8.79. The van der Waals surface area contributed by atoms with Crippen molar-refractivity contribution in [3.05, 3.63) is 24.0 Å². The molecule has 0 amide bonds. The fourth-order valence-electron chi connectivity index (χ4n) is 2.29. The Morgan fingerprint density at radius 3 is 2.57 bits per heavy atom. The van der Waals surface area contributed by atoms with Crippen molar-refractivity contribution >= 4 is 22.4 Å². The number of sulfonamides is 1. The molecule has 2 rings (SSSR count). The van der Waals surface area contributed by atoms with E-state index in [1.165, 1.54) is 23.5 Å². The average molecular weight is 369 g/mol. The van der Waals surface area contributed by atoms with Crippen molar-refractivity contribution < 1.29 is 22.3 Å². The van der Waals surface area contributed by atoms with E-state index in [-0.39, 0.29) is 35.7 Å². The Balaban J connectivity index is 0.00000264. The molecule has 1 saturated heterocycles. The Labute approximate surface area is 142 Å². The Hall–Kier alpha value is -0.930. The highest BCUT2D eigenvalue weighted by Crippen LogP contribution is 2.29. The van der Waals surface area contributed by atoms with Crippen LogP contribution in [-0.2, 0) is 14.8 Å². The zero-order chi connectivity index (χ0) is 16.2. The van der Waals surface area contributed by atoms with Crippen molar-refractivity contribution in [1.82, 2.24) is 4.31 Å². The fourth-order valence-corrected chi connectivity index (χ4v) is 3.91. The normalized spacial score (nSPS) is 16.8. The molecule has 0 spiro atoms. The predicted molar refractivity (Wildman–Crippen MR) is 87.0 cm³/mol. The van der Waals surface area contributed by atoms with Crippen LogP contribution in [0.15, 0.2) is 23.1 Å². The summed E-state index contributed by atoms with van der Waals surface area (Å²) in [6, 6.07) is 3.50. The largest absolute Gasteiger partial charge is 0.490 e. The summed E-state index contributed by atoms with van der Waals surface area (Å²) in [6.45, 7) is 1.17. The highest BCUT2D eigenvalue weighted by molar-refractivity contribution is 7.89. The second-order valence-electron chi connectivity index (χ2n) is 5.17. The van der Waals surface area contributed by atoms with E-state index in [9.17, 15) is 12.8 Å². The fraction of sp³-hybridized carbons (Fsp3) is 0.571. The molecule has 1 heterocycles. The van der Waals surface area contributed by atoms with E-state index in [2.05, 4.69) is 0 Å². The van der Waals surface area contributed by atoms with Crippen LogP contribution in [0, 0.1) is 5.82 Å². The number of piperidine rings is 1. The van der Waals surface area contributed by atoms with Crippen LogP contribution in [0.4, 0.5) is 4.39 Å². The molecule has 132 valence electrons. The molecule has 9 heteroatoms. The molecule has 1 fully saturated rings. The lowest BCUT2D eigenvalue weighted by Crippen LogP contribution is -2.42. The molecule has 0 aliphatic carbocycles. The molecule has 1 aliphatic heterocycles. The van der Waals surface area contributed by atoms with Crippen LogP contribution in [0.25, 0.3) is 0 Å². The minimum atomic E-state index is -3.80. The minimum Gasteiger partial charge on any atom is -0.490 e. The van der Waals surface area contributed by atoms with Gasteiger partial charge in [0.25, 0.3) is 0 Å². The maximum Gasteiger partial charge on any atom is 0.246 e. The quantitative estimate of drug-likeness (QED) is 0.767. The molecule has 23 heavy (non-hydrogen) atoms. The summed E-state index contributed by atoms with van der Waals surface area (Å²) in [5.41, 5.74) is 5.79. The smallest absolute Gasteiger partial charge is 0.246 e. The summed E-state index contributed by atoms with van der Waals surface area (Å²) in [7, 11) is -2.29. The monoisotopic (exact) mass is 368 g/mol. The van der Waals surface area contributed by atoms with E-state index in [4.69, 9.17) is 15.2 Å². The molecular weight excluding hydrogens is 347 g/mol. The zero-order valence-electron chi connectivity index (χ0n) is 12.9. The van der Waals surface area contributed by atoms with Crippen LogP contribution >= 0.6 is 12.4 Å². The van der Waals surface area contributed by atoms with Crippen LogP contribution in [0.2, 0.25) is 0 Å². The van der Waals surface area contributed by atoms with E-state index in [1.807, 2.05) is 0 Å². The van der Waals surface area contributed by atoms with E-state index < -0.39 is 15.8 Å². The highest BCUT2D eigenvalue weighted by atomic mass is 35.5. The van der Waals surface area contributed by atoms with Crippen LogP contribution in [0.3, 0.4) is 0 Å². The molecule has 2 N–H and O–H groups in total. The van der Waals surface area contributed by atoms with E-state index in [0.29, 0.717) is 32.5 Å². The number of rotatable bonds is 6. The zero-order valence-corrected chi connectivity index (χ0v) is 14.5. The summed E-state index contributed by atoms with van der Waals surface area (Å²) in [5, 5.41) is 0. The molecular formula is C14H22ClFN2O4S. The molecule has 1 aromatic rings. The van der Waals surface area contributed by atoms with Crippen molar-refractivity contribution in [2.45, 2.75) is 23.8 Å². The lowest BCUT2D eigenvalue weighted by Gasteiger charge is -2.29. The van der Waals surface area contributed by atoms with Gasteiger partial charge < -0.3 is 15.2 Å². The van der Waals surface area contributed by atoms with Gasteiger partial charge >= 0.3 is 0 Å². The van der Waals surface area contributed by atoms with Gasteiger partial charge in [0.1, 0.15) is 23.1 Å². The van der Waals surface area contributed by atoms with Crippen molar-refractivity contribution in [3.8, 4) is 5.75 Å². The molecule has 0 atom stereocenters. The van der Waals surface area contributed by atoms with Gasteiger partial charge in [0.15, 0.2) is 0 Å². The number of ether oxygens (including phenoxy) is 2. The summed E-state index contributed by atoms with van der Waals surface area (Å²) in [6.07, 6.45) is 1.18. The first-order valence-corrected chi connectivity index (χ1v) is 8.56. The van der Waals surface area contributed by atoms with Gasteiger partial charge in [-0.1, -0.05) is 0 Å². The number of hydrogen-bond donors (Lipinski definition) is 1. The molecule has 0 radical (unpaired) electrons. The maximum absolute atomic E-state index is 13.5. The lowest BCUT2D eigenvalue weighted by atomic mass is 10.1. The Kier molecular flexibility index (Phi) is 7.69. The number of benzene rings is 1. The minimum absolute atomic E-state index is 0. The first-order chi connectivity index (χ1) is 10.4. The van der Waals surface area contributed by atoms with Gasteiger partial charge in [-0.15, -0.1) is 12.4 Å². The van der Waals surface area contributed by atoms with E-state index >= 15 is 0 Å². The number of nitrogens with zero attached hydrogens (tertiary/aromatic N) is 1. The second-order valence-corrected chi connectivity index (χ2v) is 7.08. The molecule has 0 aromatic heterocycles. The first kappa shape index (κ1) is 20.1. The van der Waals surface area contributed by atoms with Gasteiger partial charge in [-0.25, -0.2) is 12.8 Å². The van der Waals surface area contributed by atoms with Crippen LogP contribution in [0.1, 0.15) is 12.8 Å².